The van der Waals surface area contributed by atoms with E-state index in [1.54, 1.807) is 10.9 Å². The second-order valence-corrected chi connectivity index (χ2v) is 4.82. The molecule has 0 bridgehead atoms. The van der Waals surface area contributed by atoms with Crippen molar-refractivity contribution in [2.75, 3.05) is 0 Å². The lowest BCUT2D eigenvalue weighted by molar-refractivity contribution is 0.768. The van der Waals surface area contributed by atoms with E-state index in [0.717, 1.165) is 18.8 Å². The second-order valence-electron chi connectivity index (χ2n) is 2.75. The number of hydrogen-bond acceptors (Lipinski definition) is 3. The van der Waals surface area contributed by atoms with Crippen molar-refractivity contribution in [2.24, 2.45) is 7.05 Å². The molecule has 0 fully saturated rings. The first-order valence-electron chi connectivity index (χ1n) is 3.84. The zero-order chi connectivity index (χ0) is 10.1. The SMILES string of the molecule is Cn1cc(-c2cc(I)nc(I)n2)cn1. The normalized spacial score (nSPS) is 10.5. The van der Waals surface area contributed by atoms with Gasteiger partial charge in [-0.05, 0) is 28.7 Å². The first-order chi connectivity index (χ1) is 6.65. The van der Waals surface area contributed by atoms with Crippen molar-refractivity contribution in [3.05, 3.63) is 26.0 Å². The lowest BCUT2D eigenvalue weighted by Crippen LogP contribution is -1.92. The van der Waals surface area contributed by atoms with Gasteiger partial charge in [-0.2, -0.15) is 5.10 Å². The molecule has 72 valence electrons. The minimum Gasteiger partial charge on any atom is -0.275 e. The molecule has 0 aliphatic heterocycles. The molecule has 0 saturated heterocycles. The second kappa shape index (κ2) is 4.09. The maximum Gasteiger partial charge on any atom is 0.192 e. The van der Waals surface area contributed by atoms with E-state index < -0.39 is 0 Å². The van der Waals surface area contributed by atoms with Crippen LogP contribution in [0.15, 0.2) is 18.5 Å². The van der Waals surface area contributed by atoms with Gasteiger partial charge in [-0.15, -0.1) is 0 Å². The molecule has 0 aliphatic carbocycles. The lowest BCUT2D eigenvalue weighted by atomic mass is 10.2. The molecule has 0 aromatic carbocycles. The van der Waals surface area contributed by atoms with Gasteiger partial charge in [0.25, 0.3) is 0 Å². The molecule has 0 N–H and O–H groups in total. The zero-order valence-corrected chi connectivity index (χ0v) is 11.6. The molecule has 2 aromatic rings. The van der Waals surface area contributed by atoms with Gasteiger partial charge in [-0.3, -0.25) is 4.68 Å². The van der Waals surface area contributed by atoms with Crippen molar-refractivity contribution in [1.29, 1.82) is 0 Å². The summed E-state index contributed by atoms with van der Waals surface area (Å²) in [5.74, 6) is 0. The molecule has 0 spiro atoms. The summed E-state index contributed by atoms with van der Waals surface area (Å²) in [6.07, 6.45) is 3.74. The van der Waals surface area contributed by atoms with Gasteiger partial charge in [-0.25, -0.2) is 9.97 Å². The Labute approximate surface area is 108 Å². The molecule has 0 amide bonds. The minimum absolute atomic E-state index is 0.758. The quantitative estimate of drug-likeness (QED) is 0.410. The summed E-state index contributed by atoms with van der Waals surface area (Å²) in [4.78, 5) is 8.54. The van der Waals surface area contributed by atoms with Crippen molar-refractivity contribution in [3.8, 4) is 11.3 Å². The molecule has 0 saturated carbocycles. The monoisotopic (exact) mass is 412 g/mol. The van der Waals surface area contributed by atoms with Gasteiger partial charge in [0.05, 0.1) is 11.9 Å². The van der Waals surface area contributed by atoms with Crippen LogP contribution in [0, 0.1) is 7.53 Å². The summed E-state index contributed by atoms with van der Waals surface area (Å²) in [6.45, 7) is 0. The maximum absolute atomic E-state index is 4.34. The van der Waals surface area contributed by atoms with Crippen LogP contribution in [0.4, 0.5) is 0 Å². The van der Waals surface area contributed by atoms with Gasteiger partial charge in [0.2, 0.25) is 0 Å². The van der Waals surface area contributed by atoms with Crippen LogP contribution in [0.25, 0.3) is 11.3 Å². The third-order valence-electron chi connectivity index (χ3n) is 1.67. The van der Waals surface area contributed by atoms with Crippen LogP contribution in [0.3, 0.4) is 0 Å². The number of aromatic nitrogens is 4. The number of nitrogens with zero attached hydrogens (tertiary/aromatic N) is 4. The Kier molecular flexibility index (Phi) is 3.00. The first-order valence-corrected chi connectivity index (χ1v) is 6.00. The van der Waals surface area contributed by atoms with Crippen molar-refractivity contribution in [3.63, 3.8) is 0 Å². The molecular weight excluding hydrogens is 406 g/mol. The molecule has 0 unspecified atom stereocenters. The Morgan fingerprint density at radius 2 is 2.07 bits per heavy atom. The number of hydrogen-bond donors (Lipinski definition) is 0. The van der Waals surface area contributed by atoms with Gasteiger partial charge in [0.1, 0.15) is 3.70 Å². The molecule has 2 aromatic heterocycles. The fourth-order valence-corrected chi connectivity index (χ4v) is 2.60. The van der Waals surface area contributed by atoms with Crippen LogP contribution in [-0.4, -0.2) is 19.7 Å². The smallest absolute Gasteiger partial charge is 0.192 e. The Morgan fingerprint density at radius 3 is 2.64 bits per heavy atom. The number of aryl methyl sites for hydroxylation is 1. The molecule has 2 heterocycles. The van der Waals surface area contributed by atoms with Crippen LogP contribution in [0.5, 0.6) is 0 Å². The standard InChI is InChI=1S/C8H6I2N4/c1-14-4-5(3-11-14)6-2-7(9)13-8(10)12-6/h2-4H,1H3. The molecule has 0 aliphatic rings. The fraction of sp³-hybridized carbons (Fsp3) is 0.125. The number of halogens is 2. The van der Waals surface area contributed by atoms with Gasteiger partial charge in [0, 0.05) is 41.4 Å². The molecule has 14 heavy (non-hydrogen) atoms. The topological polar surface area (TPSA) is 43.6 Å². The Morgan fingerprint density at radius 1 is 1.29 bits per heavy atom. The van der Waals surface area contributed by atoms with E-state index >= 15 is 0 Å². The highest BCUT2D eigenvalue weighted by atomic mass is 127. The summed E-state index contributed by atoms with van der Waals surface area (Å²) in [7, 11) is 1.89. The third kappa shape index (κ3) is 2.22. The predicted molar refractivity (Wildman–Crippen MR) is 69.7 cm³/mol. The first kappa shape index (κ1) is 10.3. The van der Waals surface area contributed by atoms with E-state index in [-0.39, 0.29) is 0 Å². The fourth-order valence-electron chi connectivity index (χ4n) is 1.09. The Balaban J connectivity index is 2.51. The van der Waals surface area contributed by atoms with E-state index in [2.05, 4.69) is 60.2 Å². The Hall–Kier alpha value is -0.250. The van der Waals surface area contributed by atoms with E-state index in [0.29, 0.717) is 0 Å². The van der Waals surface area contributed by atoms with E-state index in [4.69, 9.17) is 0 Å². The number of rotatable bonds is 1. The van der Waals surface area contributed by atoms with Crippen molar-refractivity contribution < 1.29 is 0 Å². The summed E-state index contributed by atoms with van der Waals surface area (Å²) >= 11 is 4.29. The summed E-state index contributed by atoms with van der Waals surface area (Å²) in [5.41, 5.74) is 1.94. The predicted octanol–water partition coefficient (Wildman–Crippen LogP) is 2.09. The largest absolute Gasteiger partial charge is 0.275 e. The summed E-state index contributed by atoms with van der Waals surface area (Å²) < 4.78 is 3.46. The average molecular weight is 412 g/mol. The van der Waals surface area contributed by atoms with Crippen LogP contribution < -0.4 is 0 Å². The summed E-state index contributed by atoms with van der Waals surface area (Å²) in [5, 5.41) is 4.10. The van der Waals surface area contributed by atoms with Crippen LogP contribution in [-0.2, 0) is 7.05 Å². The highest BCUT2D eigenvalue weighted by molar-refractivity contribution is 14.1. The third-order valence-corrected chi connectivity index (χ3v) is 2.70. The molecule has 0 radical (unpaired) electrons. The van der Waals surface area contributed by atoms with Gasteiger partial charge in [-0.1, -0.05) is 0 Å². The summed E-state index contributed by atoms with van der Waals surface area (Å²) in [6, 6.07) is 1.94. The molecule has 6 heteroatoms. The minimum atomic E-state index is 0.758. The highest BCUT2D eigenvalue weighted by Gasteiger charge is 2.04. The van der Waals surface area contributed by atoms with Crippen molar-refractivity contribution >= 4 is 45.2 Å². The zero-order valence-electron chi connectivity index (χ0n) is 7.28. The molecule has 2 rings (SSSR count). The average Bonchev–Trinajstić information content (AvgIpc) is 2.50. The van der Waals surface area contributed by atoms with Gasteiger partial charge in [0.15, 0.2) is 3.83 Å². The Bertz CT molecular complexity index is 446. The molecular formula is C8H6I2N4. The van der Waals surface area contributed by atoms with E-state index in [1.807, 2.05) is 19.3 Å². The van der Waals surface area contributed by atoms with E-state index in [1.165, 1.54) is 0 Å². The van der Waals surface area contributed by atoms with Crippen LogP contribution in [0.2, 0.25) is 0 Å². The maximum atomic E-state index is 4.34. The lowest BCUT2D eigenvalue weighted by Gasteiger charge is -1.97. The van der Waals surface area contributed by atoms with E-state index in [9.17, 15) is 0 Å². The molecule has 0 atom stereocenters. The van der Waals surface area contributed by atoms with Gasteiger partial charge >= 0.3 is 0 Å². The van der Waals surface area contributed by atoms with Crippen molar-refractivity contribution in [2.45, 2.75) is 0 Å². The molecule has 4 nitrogen and oxygen atoms in total. The van der Waals surface area contributed by atoms with Crippen LogP contribution in [0.1, 0.15) is 0 Å². The van der Waals surface area contributed by atoms with Gasteiger partial charge < -0.3 is 0 Å². The highest BCUT2D eigenvalue weighted by Crippen LogP contribution is 2.18. The van der Waals surface area contributed by atoms with Crippen molar-refractivity contribution in [1.82, 2.24) is 19.7 Å². The van der Waals surface area contributed by atoms with Crippen LogP contribution >= 0.6 is 45.2 Å².